The van der Waals surface area contributed by atoms with E-state index in [2.05, 4.69) is 11.4 Å². The van der Waals surface area contributed by atoms with Gasteiger partial charge in [0.15, 0.2) is 0 Å². The van der Waals surface area contributed by atoms with E-state index in [0.29, 0.717) is 17.9 Å². The third kappa shape index (κ3) is 2.41. The summed E-state index contributed by atoms with van der Waals surface area (Å²) in [6.07, 6.45) is 3.15. The molecular formula is C13H13ClN2O2. The van der Waals surface area contributed by atoms with Crippen molar-refractivity contribution in [3.8, 4) is 11.8 Å². The molecule has 94 valence electrons. The van der Waals surface area contributed by atoms with Gasteiger partial charge in [0.05, 0.1) is 11.6 Å². The van der Waals surface area contributed by atoms with Crippen LogP contribution in [-0.4, -0.2) is 16.6 Å². The van der Waals surface area contributed by atoms with Crippen LogP contribution >= 0.6 is 11.6 Å². The van der Waals surface area contributed by atoms with Crippen LogP contribution in [0, 0.1) is 11.3 Å². The molecule has 4 nitrogen and oxygen atoms in total. The van der Waals surface area contributed by atoms with Crippen molar-refractivity contribution < 1.29 is 9.90 Å². The molecular weight excluding hydrogens is 252 g/mol. The van der Waals surface area contributed by atoms with Gasteiger partial charge in [-0.1, -0.05) is 11.6 Å². The highest BCUT2D eigenvalue weighted by Gasteiger charge is 2.36. The summed E-state index contributed by atoms with van der Waals surface area (Å²) in [5, 5.41) is 21.9. The third-order valence-corrected chi connectivity index (χ3v) is 3.46. The second-order valence-corrected chi connectivity index (χ2v) is 4.95. The van der Waals surface area contributed by atoms with Gasteiger partial charge in [0.2, 0.25) is 0 Å². The average Bonchev–Trinajstić information content (AvgIpc) is 2.81. The van der Waals surface area contributed by atoms with E-state index in [-0.39, 0.29) is 11.3 Å². The van der Waals surface area contributed by atoms with Crippen LogP contribution in [0.1, 0.15) is 36.0 Å². The van der Waals surface area contributed by atoms with E-state index < -0.39 is 11.4 Å². The fourth-order valence-corrected chi connectivity index (χ4v) is 2.39. The van der Waals surface area contributed by atoms with Crippen LogP contribution in [0.2, 0.25) is 5.02 Å². The first-order chi connectivity index (χ1) is 8.56. The van der Waals surface area contributed by atoms with Crippen LogP contribution in [0.4, 0.5) is 0 Å². The molecule has 2 N–H and O–H groups in total. The first-order valence-electron chi connectivity index (χ1n) is 5.79. The van der Waals surface area contributed by atoms with Crippen LogP contribution in [0.25, 0.3) is 0 Å². The minimum atomic E-state index is -0.800. The van der Waals surface area contributed by atoms with E-state index in [9.17, 15) is 15.2 Å². The number of hydrogen-bond donors (Lipinski definition) is 2. The molecule has 0 saturated heterocycles. The molecule has 0 aliphatic heterocycles. The summed E-state index contributed by atoms with van der Waals surface area (Å²) in [6, 6.07) is 6.43. The number of nitrogens with one attached hydrogen (secondary N) is 1. The molecule has 1 aromatic rings. The molecule has 1 fully saturated rings. The Bertz CT molecular complexity index is 516. The van der Waals surface area contributed by atoms with Gasteiger partial charge in [-0.15, -0.1) is 0 Å². The summed E-state index contributed by atoms with van der Waals surface area (Å²) in [4.78, 5) is 12.1. The van der Waals surface area contributed by atoms with Crippen molar-refractivity contribution in [2.45, 2.75) is 31.2 Å². The molecule has 0 spiro atoms. The van der Waals surface area contributed by atoms with E-state index in [1.165, 1.54) is 18.2 Å². The molecule has 5 heteroatoms. The van der Waals surface area contributed by atoms with Crippen molar-refractivity contribution in [2.75, 3.05) is 0 Å². The summed E-state index contributed by atoms with van der Waals surface area (Å²) in [6.45, 7) is 0. The highest BCUT2D eigenvalue weighted by molar-refractivity contribution is 6.31. The Hall–Kier alpha value is -1.73. The van der Waals surface area contributed by atoms with Crippen LogP contribution in [0.5, 0.6) is 5.75 Å². The Balaban J connectivity index is 2.22. The maximum atomic E-state index is 12.1. The maximum absolute atomic E-state index is 12.1. The predicted molar refractivity (Wildman–Crippen MR) is 67.4 cm³/mol. The number of rotatable bonds is 2. The number of carbonyl (C=O) groups is 1. The van der Waals surface area contributed by atoms with Gasteiger partial charge in [-0.3, -0.25) is 4.79 Å². The number of nitrogens with zero attached hydrogens (tertiary/aromatic N) is 1. The normalized spacial score (nSPS) is 17.1. The summed E-state index contributed by atoms with van der Waals surface area (Å²) < 4.78 is 0. The molecule has 1 aromatic carbocycles. The predicted octanol–water partition coefficient (Wildman–Crippen LogP) is 2.61. The van der Waals surface area contributed by atoms with Crippen LogP contribution in [0.3, 0.4) is 0 Å². The Kier molecular flexibility index (Phi) is 3.44. The highest BCUT2D eigenvalue weighted by atomic mass is 35.5. The van der Waals surface area contributed by atoms with Crippen LogP contribution in [0.15, 0.2) is 18.2 Å². The molecule has 0 heterocycles. The number of nitriles is 1. The van der Waals surface area contributed by atoms with Gasteiger partial charge in [0.1, 0.15) is 11.3 Å². The van der Waals surface area contributed by atoms with Gasteiger partial charge in [-0.2, -0.15) is 5.26 Å². The van der Waals surface area contributed by atoms with Crippen molar-refractivity contribution in [3.05, 3.63) is 28.8 Å². The molecule has 0 bridgehead atoms. The van der Waals surface area contributed by atoms with E-state index in [1.54, 1.807) is 0 Å². The molecule has 1 aliphatic rings. The number of hydrogen-bond acceptors (Lipinski definition) is 3. The topological polar surface area (TPSA) is 73.1 Å². The average molecular weight is 265 g/mol. The van der Waals surface area contributed by atoms with E-state index in [0.717, 1.165) is 12.8 Å². The maximum Gasteiger partial charge on any atom is 0.256 e. The Labute approximate surface area is 110 Å². The van der Waals surface area contributed by atoms with Crippen molar-refractivity contribution in [1.82, 2.24) is 5.32 Å². The molecule has 0 atom stereocenters. The number of aromatic hydroxyl groups is 1. The molecule has 1 saturated carbocycles. The monoisotopic (exact) mass is 264 g/mol. The van der Waals surface area contributed by atoms with Crippen molar-refractivity contribution in [3.63, 3.8) is 0 Å². The van der Waals surface area contributed by atoms with Gasteiger partial charge in [-0.25, -0.2) is 0 Å². The molecule has 0 radical (unpaired) electrons. The lowest BCUT2D eigenvalue weighted by molar-refractivity contribution is 0.0918. The highest BCUT2D eigenvalue weighted by Crippen LogP contribution is 2.30. The zero-order chi connectivity index (χ0) is 13.2. The van der Waals surface area contributed by atoms with Gasteiger partial charge < -0.3 is 10.4 Å². The zero-order valence-corrected chi connectivity index (χ0v) is 10.5. The molecule has 2 rings (SSSR count). The number of phenols is 1. The minimum absolute atomic E-state index is 0.101. The fourth-order valence-electron chi connectivity index (χ4n) is 2.22. The number of benzene rings is 1. The Morgan fingerprint density at radius 2 is 2.11 bits per heavy atom. The molecule has 0 aromatic heterocycles. The SMILES string of the molecule is N#CC1(NC(=O)c2cc(Cl)ccc2O)CCCC1. The quantitative estimate of drug-likeness (QED) is 0.862. The second-order valence-electron chi connectivity index (χ2n) is 4.52. The smallest absolute Gasteiger partial charge is 0.256 e. The first-order valence-corrected chi connectivity index (χ1v) is 6.16. The lowest BCUT2D eigenvalue weighted by Crippen LogP contribution is -2.45. The summed E-state index contributed by atoms with van der Waals surface area (Å²) in [7, 11) is 0. The fraction of sp³-hybridized carbons (Fsp3) is 0.385. The van der Waals surface area contributed by atoms with Gasteiger partial charge in [-0.05, 0) is 43.9 Å². The van der Waals surface area contributed by atoms with E-state index in [1.807, 2.05) is 0 Å². The summed E-state index contributed by atoms with van der Waals surface area (Å²) in [5.41, 5.74) is -0.699. The second kappa shape index (κ2) is 4.87. The minimum Gasteiger partial charge on any atom is -0.507 e. The standard InChI is InChI=1S/C13H13ClN2O2/c14-9-3-4-11(17)10(7-9)12(18)16-13(8-15)5-1-2-6-13/h3-4,7,17H,1-2,5-6H2,(H,16,18). The first kappa shape index (κ1) is 12.7. The number of amides is 1. The Morgan fingerprint density at radius 3 is 2.72 bits per heavy atom. The van der Waals surface area contributed by atoms with Crippen molar-refractivity contribution in [2.24, 2.45) is 0 Å². The lowest BCUT2D eigenvalue weighted by atomic mass is 9.99. The molecule has 18 heavy (non-hydrogen) atoms. The number of phenolic OH excluding ortho intramolecular Hbond substituents is 1. The third-order valence-electron chi connectivity index (χ3n) is 3.23. The molecule has 1 aliphatic carbocycles. The van der Waals surface area contributed by atoms with Gasteiger partial charge in [0, 0.05) is 5.02 Å². The molecule has 0 unspecified atom stereocenters. The lowest BCUT2D eigenvalue weighted by Gasteiger charge is -2.22. The Morgan fingerprint density at radius 1 is 1.44 bits per heavy atom. The summed E-state index contributed by atoms with van der Waals surface area (Å²) >= 11 is 5.79. The van der Waals surface area contributed by atoms with Gasteiger partial charge >= 0.3 is 0 Å². The van der Waals surface area contributed by atoms with Crippen molar-refractivity contribution >= 4 is 17.5 Å². The van der Waals surface area contributed by atoms with Crippen molar-refractivity contribution in [1.29, 1.82) is 5.26 Å². The molecule has 1 amide bonds. The number of halogens is 1. The van der Waals surface area contributed by atoms with Crippen LogP contribution in [-0.2, 0) is 0 Å². The zero-order valence-electron chi connectivity index (χ0n) is 9.74. The summed E-state index contributed by atoms with van der Waals surface area (Å²) in [5.74, 6) is -0.596. The van der Waals surface area contributed by atoms with E-state index >= 15 is 0 Å². The van der Waals surface area contributed by atoms with Gasteiger partial charge in [0.25, 0.3) is 5.91 Å². The van der Waals surface area contributed by atoms with Crippen LogP contribution < -0.4 is 5.32 Å². The van der Waals surface area contributed by atoms with E-state index in [4.69, 9.17) is 11.6 Å². The number of carbonyl (C=O) groups excluding carboxylic acids is 1. The largest absolute Gasteiger partial charge is 0.507 e.